The van der Waals surface area contributed by atoms with Gasteiger partial charge in [-0.2, -0.15) is 0 Å². The molecule has 1 N–H and O–H groups in total. The lowest BCUT2D eigenvalue weighted by Crippen LogP contribution is -2.40. The predicted octanol–water partition coefficient (Wildman–Crippen LogP) is 3.79. The molecule has 0 unspecified atom stereocenters. The summed E-state index contributed by atoms with van der Waals surface area (Å²) < 4.78 is 1.83. The number of imidazole rings is 1. The smallest absolute Gasteiger partial charge is 0.269 e. The largest absolute Gasteiger partial charge is 0.349 e. The summed E-state index contributed by atoms with van der Waals surface area (Å²) in [6, 6.07) is 7.90. The molecule has 0 aliphatic rings. The minimum absolute atomic E-state index is 0.0883. The molecule has 0 saturated heterocycles. The van der Waals surface area contributed by atoms with Gasteiger partial charge in [-0.25, -0.2) is 4.98 Å². The van der Waals surface area contributed by atoms with Gasteiger partial charge in [0.25, 0.3) is 5.91 Å². The molecule has 0 fully saturated rings. The lowest BCUT2D eigenvalue weighted by molar-refractivity contribution is 0.0935. The quantitative estimate of drug-likeness (QED) is 0.712. The number of hydrogen-bond donors (Lipinski definition) is 1. The second kappa shape index (κ2) is 7.56. The van der Waals surface area contributed by atoms with Gasteiger partial charge in [0.15, 0.2) is 4.96 Å². The summed E-state index contributed by atoms with van der Waals surface area (Å²) in [5, 5.41) is 5.51. The van der Waals surface area contributed by atoms with Gasteiger partial charge in [-0.15, -0.1) is 11.3 Å². The molecule has 3 rings (SSSR count). The molecule has 5 nitrogen and oxygen atoms in total. The molecule has 1 amide bonds. The normalized spacial score (nSPS) is 12.7. The van der Waals surface area contributed by atoms with Crippen molar-refractivity contribution in [1.82, 2.24) is 19.6 Å². The molecular weight excluding hydrogens is 356 g/mol. The van der Waals surface area contributed by atoms with Crippen molar-refractivity contribution in [3.63, 3.8) is 0 Å². The van der Waals surface area contributed by atoms with Crippen LogP contribution in [0.4, 0.5) is 0 Å². The fraction of sp³-hybridized carbons (Fsp3) is 0.333. The minimum atomic E-state index is -0.0883. The number of amides is 1. The SMILES string of the molecule is CC[C@H](CNC(=O)c1csc2nc(-c3ccccc3Cl)cn12)N(C)C. The van der Waals surface area contributed by atoms with E-state index in [4.69, 9.17) is 11.6 Å². The van der Waals surface area contributed by atoms with Gasteiger partial charge in [0.2, 0.25) is 0 Å². The van der Waals surface area contributed by atoms with Crippen LogP contribution in [0.3, 0.4) is 0 Å². The molecule has 7 heteroatoms. The zero-order valence-electron chi connectivity index (χ0n) is 14.5. The van der Waals surface area contributed by atoms with Crippen LogP contribution >= 0.6 is 22.9 Å². The highest BCUT2D eigenvalue weighted by atomic mass is 35.5. The van der Waals surface area contributed by atoms with Crippen molar-refractivity contribution in [3.05, 3.63) is 46.6 Å². The third-order valence-electron chi connectivity index (χ3n) is 4.29. The second-order valence-corrected chi connectivity index (χ2v) is 7.36. The Morgan fingerprint density at radius 1 is 1.40 bits per heavy atom. The van der Waals surface area contributed by atoms with Crippen LogP contribution in [0, 0.1) is 0 Å². The molecule has 1 aromatic carbocycles. The van der Waals surface area contributed by atoms with Crippen LogP contribution in [0.15, 0.2) is 35.8 Å². The Kier molecular flexibility index (Phi) is 5.42. The van der Waals surface area contributed by atoms with E-state index in [1.165, 1.54) is 11.3 Å². The summed E-state index contributed by atoms with van der Waals surface area (Å²) in [4.78, 5) is 20.1. The fourth-order valence-electron chi connectivity index (χ4n) is 2.74. The topological polar surface area (TPSA) is 49.6 Å². The van der Waals surface area contributed by atoms with E-state index in [2.05, 4.69) is 22.1 Å². The van der Waals surface area contributed by atoms with Crippen LogP contribution in [-0.2, 0) is 0 Å². The van der Waals surface area contributed by atoms with Crippen LogP contribution in [0.5, 0.6) is 0 Å². The Hall–Kier alpha value is -1.89. The van der Waals surface area contributed by atoms with Crippen LogP contribution in [0.1, 0.15) is 23.8 Å². The van der Waals surface area contributed by atoms with Gasteiger partial charge in [-0.1, -0.05) is 36.7 Å². The van der Waals surface area contributed by atoms with Gasteiger partial charge in [0.1, 0.15) is 5.69 Å². The summed E-state index contributed by atoms with van der Waals surface area (Å²) in [5.74, 6) is -0.0883. The van der Waals surface area contributed by atoms with E-state index in [0.29, 0.717) is 23.3 Å². The molecule has 1 atom stereocenters. The molecular formula is C18H21ClN4OS. The summed E-state index contributed by atoms with van der Waals surface area (Å²) in [7, 11) is 4.05. The van der Waals surface area contributed by atoms with Crippen LogP contribution in [0.25, 0.3) is 16.2 Å². The van der Waals surface area contributed by atoms with E-state index >= 15 is 0 Å². The summed E-state index contributed by atoms with van der Waals surface area (Å²) in [5.41, 5.74) is 2.23. The third kappa shape index (κ3) is 3.71. The molecule has 2 heterocycles. The lowest BCUT2D eigenvalue weighted by atomic mass is 10.2. The van der Waals surface area contributed by atoms with Gasteiger partial charge in [0.05, 0.1) is 10.7 Å². The number of carbonyl (C=O) groups is 1. The first-order chi connectivity index (χ1) is 12.0. The van der Waals surface area contributed by atoms with E-state index in [1.807, 2.05) is 54.3 Å². The zero-order valence-corrected chi connectivity index (χ0v) is 16.1. The van der Waals surface area contributed by atoms with Gasteiger partial charge in [0, 0.05) is 29.7 Å². The minimum Gasteiger partial charge on any atom is -0.349 e. The van der Waals surface area contributed by atoms with E-state index in [-0.39, 0.29) is 5.91 Å². The van der Waals surface area contributed by atoms with Crippen molar-refractivity contribution in [2.45, 2.75) is 19.4 Å². The van der Waals surface area contributed by atoms with E-state index in [0.717, 1.165) is 22.6 Å². The maximum atomic E-state index is 12.6. The molecule has 132 valence electrons. The molecule has 2 aromatic heterocycles. The number of nitrogens with one attached hydrogen (secondary N) is 1. The van der Waals surface area contributed by atoms with Gasteiger partial charge >= 0.3 is 0 Å². The Morgan fingerprint density at radius 2 is 2.16 bits per heavy atom. The summed E-state index contributed by atoms with van der Waals surface area (Å²) in [6.45, 7) is 2.73. The Labute approximate surface area is 156 Å². The number of fused-ring (bicyclic) bond motifs is 1. The van der Waals surface area contributed by atoms with E-state index in [9.17, 15) is 4.79 Å². The van der Waals surface area contributed by atoms with Crippen LogP contribution < -0.4 is 5.32 Å². The second-order valence-electron chi connectivity index (χ2n) is 6.12. The fourth-order valence-corrected chi connectivity index (χ4v) is 3.82. The number of thiazole rings is 1. The van der Waals surface area contributed by atoms with E-state index in [1.54, 1.807) is 0 Å². The van der Waals surface area contributed by atoms with Crippen LogP contribution in [0.2, 0.25) is 5.02 Å². The van der Waals surface area contributed by atoms with Crippen molar-refractivity contribution < 1.29 is 4.79 Å². The average Bonchev–Trinajstić information content (AvgIpc) is 3.15. The number of carbonyl (C=O) groups excluding carboxylic acids is 1. The van der Waals surface area contributed by atoms with Gasteiger partial charge < -0.3 is 10.2 Å². The van der Waals surface area contributed by atoms with Crippen molar-refractivity contribution in [1.29, 1.82) is 0 Å². The summed E-state index contributed by atoms with van der Waals surface area (Å²) >= 11 is 7.70. The molecule has 0 saturated carbocycles. The highest BCUT2D eigenvalue weighted by Crippen LogP contribution is 2.29. The highest BCUT2D eigenvalue weighted by molar-refractivity contribution is 7.15. The average molecular weight is 377 g/mol. The third-order valence-corrected chi connectivity index (χ3v) is 5.46. The van der Waals surface area contributed by atoms with Crippen LogP contribution in [-0.4, -0.2) is 46.9 Å². The first-order valence-electron chi connectivity index (χ1n) is 8.17. The standard InChI is InChI=1S/C18H21ClN4OS/c1-4-12(22(2)3)9-20-17(24)16-11-25-18-21-15(10-23(16)18)13-7-5-6-8-14(13)19/h5-8,10-12H,4,9H2,1-3H3,(H,20,24)/t12-/m1/s1. The number of aromatic nitrogens is 2. The van der Waals surface area contributed by atoms with Crippen molar-refractivity contribution >= 4 is 33.8 Å². The van der Waals surface area contributed by atoms with Gasteiger partial charge in [-0.05, 0) is 26.6 Å². The Bertz CT molecular complexity index is 886. The molecule has 0 spiro atoms. The molecule has 0 aliphatic carbocycles. The first kappa shape index (κ1) is 17.9. The zero-order chi connectivity index (χ0) is 18.0. The predicted molar refractivity (Wildman–Crippen MR) is 104 cm³/mol. The maximum Gasteiger partial charge on any atom is 0.269 e. The highest BCUT2D eigenvalue weighted by Gasteiger charge is 2.17. The molecule has 0 aliphatic heterocycles. The number of halogens is 1. The lowest BCUT2D eigenvalue weighted by Gasteiger charge is -2.22. The number of benzene rings is 1. The molecule has 0 bridgehead atoms. The first-order valence-corrected chi connectivity index (χ1v) is 9.43. The van der Waals surface area contributed by atoms with Crippen molar-refractivity contribution in [3.8, 4) is 11.3 Å². The van der Waals surface area contributed by atoms with E-state index < -0.39 is 0 Å². The maximum absolute atomic E-state index is 12.6. The molecule has 3 aromatic rings. The molecule has 25 heavy (non-hydrogen) atoms. The number of hydrogen-bond acceptors (Lipinski definition) is 4. The monoisotopic (exact) mass is 376 g/mol. The number of rotatable bonds is 6. The molecule has 0 radical (unpaired) electrons. The Balaban J connectivity index is 1.83. The summed E-state index contributed by atoms with van der Waals surface area (Å²) in [6.07, 6.45) is 2.85. The van der Waals surface area contributed by atoms with Crippen molar-refractivity contribution in [2.24, 2.45) is 0 Å². The Morgan fingerprint density at radius 3 is 2.84 bits per heavy atom. The van der Waals surface area contributed by atoms with Crippen molar-refractivity contribution in [2.75, 3.05) is 20.6 Å². The number of likely N-dealkylation sites (N-methyl/N-ethyl adjacent to an activating group) is 1. The number of nitrogens with zero attached hydrogens (tertiary/aromatic N) is 3. The van der Waals surface area contributed by atoms with Gasteiger partial charge in [-0.3, -0.25) is 9.20 Å².